The number of hydrogen-bond acceptors (Lipinski definition) is 3. The normalized spacial score (nSPS) is 21.6. The van der Waals surface area contributed by atoms with Crippen molar-refractivity contribution in [1.29, 1.82) is 0 Å². The minimum Gasteiger partial charge on any atom is -0.362 e. The molecule has 2 aliphatic heterocycles. The molecule has 0 spiro atoms. The highest BCUT2D eigenvalue weighted by Crippen LogP contribution is 2.55. The highest BCUT2D eigenvalue weighted by molar-refractivity contribution is 6.09. The van der Waals surface area contributed by atoms with Crippen LogP contribution in [0.2, 0.25) is 0 Å². The van der Waals surface area contributed by atoms with Gasteiger partial charge in [0.25, 0.3) is 0 Å². The van der Waals surface area contributed by atoms with Crippen LogP contribution < -0.4 is 10.2 Å². The SMILES string of the molecule is CC(C)=CNc1ccc(N2C(=O)C(C3CC3)C2c2c(F)cc(C3=CC(C)=N3)cc2F)cc1C. The number of carbonyl (C=O) groups excluding carboxylic acids is 1. The zero-order chi connectivity index (χ0) is 23.4. The van der Waals surface area contributed by atoms with Gasteiger partial charge in [-0.1, -0.05) is 5.57 Å². The zero-order valence-corrected chi connectivity index (χ0v) is 19.2. The molecule has 2 unspecified atom stereocenters. The molecule has 2 fully saturated rings. The lowest BCUT2D eigenvalue weighted by Crippen LogP contribution is -2.56. The number of β-lactam (4-membered cyclic amide) rings is 1. The van der Waals surface area contributed by atoms with E-state index < -0.39 is 17.7 Å². The van der Waals surface area contributed by atoms with Crippen LogP contribution in [0, 0.1) is 30.4 Å². The summed E-state index contributed by atoms with van der Waals surface area (Å²) < 4.78 is 30.6. The molecule has 1 saturated heterocycles. The van der Waals surface area contributed by atoms with Crippen LogP contribution in [0.1, 0.15) is 56.3 Å². The fourth-order valence-electron chi connectivity index (χ4n) is 4.75. The lowest BCUT2D eigenvalue weighted by atomic mass is 9.77. The molecule has 0 bridgehead atoms. The topological polar surface area (TPSA) is 44.7 Å². The molecule has 1 aliphatic carbocycles. The van der Waals surface area contributed by atoms with Crippen molar-refractivity contribution in [3.63, 3.8) is 0 Å². The van der Waals surface area contributed by atoms with E-state index in [2.05, 4.69) is 10.3 Å². The summed E-state index contributed by atoms with van der Waals surface area (Å²) in [7, 11) is 0. The van der Waals surface area contributed by atoms with Crippen LogP contribution >= 0.6 is 0 Å². The Bertz CT molecular complexity index is 1230. The van der Waals surface area contributed by atoms with Crippen molar-refractivity contribution >= 4 is 28.7 Å². The van der Waals surface area contributed by atoms with Gasteiger partial charge < -0.3 is 10.2 Å². The van der Waals surface area contributed by atoms with Crippen molar-refractivity contribution < 1.29 is 13.6 Å². The Labute approximate surface area is 192 Å². The van der Waals surface area contributed by atoms with Gasteiger partial charge in [0.05, 0.1) is 17.7 Å². The molecule has 3 aliphatic rings. The molecule has 2 aromatic carbocycles. The summed E-state index contributed by atoms with van der Waals surface area (Å²) in [4.78, 5) is 18.9. The average Bonchev–Trinajstić information content (AvgIpc) is 3.54. The van der Waals surface area contributed by atoms with E-state index in [0.717, 1.165) is 35.4 Å². The number of aliphatic imine (C=N–C) groups is 1. The van der Waals surface area contributed by atoms with E-state index in [9.17, 15) is 4.79 Å². The van der Waals surface area contributed by atoms with Gasteiger partial charge >= 0.3 is 0 Å². The van der Waals surface area contributed by atoms with Crippen LogP contribution in [0.25, 0.3) is 5.70 Å². The first kappa shape index (κ1) is 21.6. The number of rotatable bonds is 6. The molecule has 4 nitrogen and oxygen atoms in total. The molecule has 2 atom stereocenters. The Morgan fingerprint density at radius 3 is 2.33 bits per heavy atom. The Kier molecular flexibility index (Phi) is 5.19. The molecule has 2 heterocycles. The smallest absolute Gasteiger partial charge is 0.233 e. The van der Waals surface area contributed by atoms with Crippen LogP contribution in [0.5, 0.6) is 0 Å². The number of halogens is 2. The summed E-state index contributed by atoms with van der Waals surface area (Å²) in [5.74, 6) is -1.50. The predicted molar refractivity (Wildman–Crippen MR) is 128 cm³/mol. The molecule has 5 rings (SSSR count). The Balaban J connectivity index is 1.50. The van der Waals surface area contributed by atoms with Crippen molar-refractivity contribution in [3.8, 4) is 0 Å². The third-order valence-corrected chi connectivity index (χ3v) is 6.59. The predicted octanol–water partition coefficient (Wildman–Crippen LogP) is 6.54. The lowest BCUT2D eigenvalue weighted by molar-refractivity contribution is -0.131. The standard InChI is InChI=1S/C27H27F2N3O/c1-14(2)13-30-22-8-7-19(9-15(22)3)32-26(24(27(32)33)17-5-6-17)25-20(28)11-18(12-21(25)29)23-10-16(4)31-23/h7-13,17,24,26,30H,5-6H2,1-4H3. The van der Waals surface area contributed by atoms with Crippen molar-refractivity contribution in [3.05, 3.63) is 76.5 Å². The van der Waals surface area contributed by atoms with E-state index in [1.165, 1.54) is 12.1 Å². The largest absolute Gasteiger partial charge is 0.362 e. The van der Waals surface area contributed by atoms with E-state index in [0.29, 0.717) is 16.9 Å². The summed E-state index contributed by atoms with van der Waals surface area (Å²) in [5.41, 5.74) is 5.47. The molecule has 1 saturated carbocycles. The summed E-state index contributed by atoms with van der Waals surface area (Å²) in [5, 5.41) is 3.25. The van der Waals surface area contributed by atoms with Crippen molar-refractivity contribution in [2.75, 3.05) is 10.2 Å². The van der Waals surface area contributed by atoms with Gasteiger partial charge in [0.1, 0.15) is 11.6 Å². The first-order valence-corrected chi connectivity index (χ1v) is 11.3. The number of carbonyl (C=O) groups is 1. The Morgan fingerprint density at radius 1 is 1.12 bits per heavy atom. The summed E-state index contributed by atoms with van der Waals surface area (Å²) in [6.07, 6.45) is 5.56. The molecule has 1 amide bonds. The van der Waals surface area contributed by atoms with Crippen molar-refractivity contribution in [1.82, 2.24) is 0 Å². The number of amides is 1. The van der Waals surface area contributed by atoms with Gasteiger partial charge in [0.2, 0.25) is 5.91 Å². The number of nitrogens with one attached hydrogen (secondary N) is 1. The van der Waals surface area contributed by atoms with E-state index >= 15 is 8.78 Å². The molecule has 1 N–H and O–H groups in total. The molecule has 6 heteroatoms. The van der Waals surface area contributed by atoms with Crippen molar-refractivity contribution in [2.45, 2.75) is 46.6 Å². The van der Waals surface area contributed by atoms with Crippen LogP contribution in [-0.4, -0.2) is 11.6 Å². The first-order valence-electron chi connectivity index (χ1n) is 11.3. The lowest BCUT2D eigenvalue weighted by Gasteiger charge is -2.48. The maximum atomic E-state index is 15.3. The molecule has 0 radical (unpaired) electrons. The minimum atomic E-state index is -0.643. The third-order valence-electron chi connectivity index (χ3n) is 6.59. The molecule has 0 aromatic heterocycles. The number of nitrogens with zero attached hydrogens (tertiary/aromatic N) is 2. The first-order chi connectivity index (χ1) is 15.7. The zero-order valence-electron chi connectivity index (χ0n) is 19.2. The number of aryl methyl sites for hydroxylation is 1. The summed E-state index contributed by atoms with van der Waals surface area (Å²) in [6.45, 7) is 7.79. The van der Waals surface area contributed by atoms with Crippen LogP contribution in [-0.2, 0) is 4.79 Å². The van der Waals surface area contributed by atoms with E-state index in [4.69, 9.17) is 0 Å². The second kappa shape index (κ2) is 7.94. The average molecular weight is 448 g/mol. The number of allylic oxidation sites excluding steroid dienone is 2. The Morgan fingerprint density at radius 2 is 1.79 bits per heavy atom. The molecule has 2 aromatic rings. The van der Waals surface area contributed by atoms with Crippen molar-refractivity contribution in [2.24, 2.45) is 16.8 Å². The van der Waals surface area contributed by atoms with Gasteiger partial charge in [-0.3, -0.25) is 9.79 Å². The Hall–Kier alpha value is -3.28. The fourth-order valence-corrected chi connectivity index (χ4v) is 4.75. The quantitative estimate of drug-likeness (QED) is 0.511. The van der Waals surface area contributed by atoms with Crippen LogP contribution in [0.3, 0.4) is 0 Å². The maximum absolute atomic E-state index is 15.3. The molecule has 33 heavy (non-hydrogen) atoms. The fraction of sp³-hybridized carbons (Fsp3) is 0.333. The van der Waals surface area contributed by atoms with Gasteiger partial charge in [0.15, 0.2) is 0 Å². The second-order valence-corrected chi connectivity index (χ2v) is 9.52. The highest BCUT2D eigenvalue weighted by atomic mass is 19.1. The number of anilines is 2. The summed E-state index contributed by atoms with van der Waals surface area (Å²) >= 11 is 0. The van der Waals surface area contributed by atoms with Crippen LogP contribution in [0.15, 0.2) is 53.2 Å². The van der Waals surface area contributed by atoms with Gasteiger partial charge in [-0.25, -0.2) is 8.78 Å². The maximum Gasteiger partial charge on any atom is 0.233 e. The monoisotopic (exact) mass is 447 g/mol. The van der Waals surface area contributed by atoms with Gasteiger partial charge in [-0.15, -0.1) is 0 Å². The third kappa shape index (κ3) is 3.77. The highest BCUT2D eigenvalue weighted by Gasteiger charge is 2.56. The number of hydrogen-bond donors (Lipinski definition) is 1. The van der Waals surface area contributed by atoms with Gasteiger partial charge in [-0.05, 0) is 94.6 Å². The molecular weight excluding hydrogens is 420 g/mol. The molecule has 170 valence electrons. The van der Waals surface area contributed by atoms with Crippen LogP contribution in [0.4, 0.5) is 20.2 Å². The van der Waals surface area contributed by atoms with E-state index in [1.807, 2.05) is 52.1 Å². The molecular formula is C27H27F2N3O. The van der Waals surface area contributed by atoms with E-state index in [1.54, 1.807) is 11.0 Å². The van der Waals surface area contributed by atoms with E-state index in [-0.39, 0.29) is 23.3 Å². The minimum absolute atomic E-state index is 0.0275. The second-order valence-electron chi connectivity index (χ2n) is 9.52. The van der Waals surface area contributed by atoms with Gasteiger partial charge in [0, 0.05) is 28.2 Å². The summed E-state index contributed by atoms with van der Waals surface area (Å²) in [6, 6.07) is 7.67. The number of benzene rings is 2. The van der Waals surface area contributed by atoms with Gasteiger partial charge in [-0.2, -0.15) is 0 Å².